The minimum atomic E-state index is 0.669. The molecule has 6 aliphatic rings. The molecule has 70 valence electrons. The second-order valence-corrected chi connectivity index (χ2v) is 5.59. The molecule has 2 heterocycles. The minimum Gasteiger partial charge on any atom is -0.369 e. The molecule has 6 fully saturated rings. The average molecular weight is 178 g/mol. The van der Waals surface area contributed by atoms with Crippen LogP contribution in [0, 0.1) is 23.7 Å². The van der Waals surface area contributed by atoms with Crippen molar-refractivity contribution < 1.29 is 9.47 Å². The maximum Gasteiger partial charge on any atom is 0.0876 e. The molecule has 2 saturated heterocycles. The predicted octanol–water partition coefficient (Wildman–Crippen LogP) is 1.20. The molecule has 2 nitrogen and oxygen atoms in total. The van der Waals surface area contributed by atoms with Crippen molar-refractivity contribution in [1.82, 2.24) is 0 Å². The third-order valence-electron chi connectivity index (χ3n) is 5.28. The van der Waals surface area contributed by atoms with Crippen molar-refractivity contribution in [1.29, 1.82) is 0 Å². The van der Waals surface area contributed by atoms with E-state index in [9.17, 15) is 0 Å². The van der Waals surface area contributed by atoms with Crippen molar-refractivity contribution >= 4 is 0 Å². The monoisotopic (exact) mass is 178 g/mol. The molecule has 0 N–H and O–H groups in total. The molecule has 2 bridgehead atoms. The van der Waals surface area contributed by atoms with Gasteiger partial charge in [0.25, 0.3) is 0 Å². The lowest BCUT2D eigenvalue weighted by molar-refractivity contribution is 0.0258. The summed E-state index contributed by atoms with van der Waals surface area (Å²) in [6, 6.07) is 0. The van der Waals surface area contributed by atoms with Crippen LogP contribution in [0.25, 0.3) is 0 Å². The van der Waals surface area contributed by atoms with Crippen LogP contribution in [0.1, 0.15) is 19.3 Å². The van der Waals surface area contributed by atoms with E-state index in [2.05, 4.69) is 0 Å². The molecule has 13 heavy (non-hydrogen) atoms. The molecule has 4 saturated carbocycles. The van der Waals surface area contributed by atoms with Crippen LogP contribution in [0.15, 0.2) is 0 Å². The van der Waals surface area contributed by atoms with E-state index in [0.717, 1.165) is 23.7 Å². The Morgan fingerprint density at radius 1 is 0.769 bits per heavy atom. The maximum absolute atomic E-state index is 5.81. The Hall–Kier alpha value is -0.0800. The first-order chi connectivity index (χ1) is 6.43. The Kier molecular flexibility index (Phi) is 0.838. The summed E-state index contributed by atoms with van der Waals surface area (Å²) in [6.07, 6.45) is 6.95. The van der Waals surface area contributed by atoms with Gasteiger partial charge in [-0.1, -0.05) is 0 Å². The standard InChI is InChI=1S/C11H14O2/c1-2-5-8-6(3-7-11(8)12-7)4(1)9-10(5)13-9/h4-11H,1-3H2. The Morgan fingerprint density at radius 2 is 1.62 bits per heavy atom. The van der Waals surface area contributed by atoms with Crippen LogP contribution in [0.2, 0.25) is 0 Å². The summed E-state index contributed by atoms with van der Waals surface area (Å²) in [6.45, 7) is 0. The van der Waals surface area contributed by atoms with Crippen molar-refractivity contribution in [3.8, 4) is 0 Å². The fourth-order valence-electron chi connectivity index (χ4n) is 4.78. The van der Waals surface area contributed by atoms with Crippen molar-refractivity contribution in [2.24, 2.45) is 23.7 Å². The van der Waals surface area contributed by atoms with Gasteiger partial charge in [-0.3, -0.25) is 0 Å². The summed E-state index contributed by atoms with van der Waals surface area (Å²) in [7, 11) is 0. The van der Waals surface area contributed by atoms with Gasteiger partial charge < -0.3 is 9.47 Å². The molecule has 6 rings (SSSR count). The molecule has 0 amide bonds. The van der Waals surface area contributed by atoms with Crippen LogP contribution in [0.3, 0.4) is 0 Å². The zero-order chi connectivity index (χ0) is 8.15. The second-order valence-electron chi connectivity index (χ2n) is 5.59. The summed E-state index contributed by atoms with van der Waals surface area (Å²) in [5.74, 6) is 3.72. The molecule has 2 aliphatic heterocycles. The molecule has 8 atom stereocenters. The SMILES string of the molecule is C1CC2C3OC3C1C1CC3OC3C12. The van der Waals surface area contributed by atoms with E-state index in [0.29, 0.717) is 24.4 Å². The highest BCUT2D eigenvalue weighted by Gasteiger charge is 2.71. The normalized spacial score (nSPS) is 75.7. The van der Waals surface area contributed by atoms with Crippen LogP contribution >= 0.6 is 0 Å². The second kappa shape index (κ2) is 1.70. The fourth-order valence-corrected chi connectivity index (χ4v) is 4.78. The van der Waals surface area contributed by atoms with E-state index in [1.807, 2.05) is 0 Å². The van der Waals surface area contributed by atoms with Crippen molar-refractivity contribution in [2.75, 3.05) is 0 Å². The van der Waals surface area contributed by atoms with E-state index in [1.165, 1.54) is 19.3 Å². The van der Waals surface area contributed by atoms with Gasteiger partial charge in [0.2, 0.25) is 0 Å². The average Bonchev–Trinajstić information content (AvgIpc) is 3.03. The van der Waals surface area contributed by atoms with Crippen molar-refractivity contribution in [2.45, 2.75) is 43.7 Å². The highest BCUT2D eigenvalue weighted by molar-refractivity contribution is 5.18. The molecule has 8 unspecified atom stereocenters. The molecule has 4 aliphatic carbocycles. The van der Waals surface area contributed by atoms with Crippen LogP contribution in [0.4, 0.5) is 0 Å². The van der Waals surface area contributed by atoms with Gasteiger partial charge in [-0.05, 0) is 42.9 Å². The van der Waals surface area contributed by atoms with Crippen molar-refractivity contribution in [3.05, 3.63) is 0 Å². The van der Waals surface area contributed by atoms with Gasteiger partial charge in [-0.2, -0.15) is 0 Å². The highest BCUT2D eigenvalue weighted by Crippen LogP contribution is 2.66. The summed E-state index contributed by atoms with van der Waals surface area (Å²) < 4.78 is 11.5. The van der Waals surface area contributed by atoms with E-state index >= 15 is 0 Å². The quantitative estimate of drug-likeness (QED) is 0.521. The molecule has 2 heteroatoms. The summed E-state index contributed by atoms with van der Waals surface area (Å²) >= 11 is 0. The molecule has 0 radical (unpaired) electrons. The zero-order valence-electron chi connectivity index (χ0n) is 7.56. The third-order valence-corrected chi connectivity index (χ3v) is 5.28. The lowest BCUT2D eigenvalue weighted by Crippen LogP contribution is -2.45. The molecular weight excluding hydrogens is 164 g/mol. The van der Waals surface area contributed by atoms with E-state index in [1.54, 1.807) is 0 Å². The minimum absolute atomic E-state index is 0.669. The van der Waals surface area contributed by atoms with Gasteiger partial charge in [0.05, 0.1) is 24.4 Å². The molecule has 0 aromatic rings. The summed E-state index contributed by atoms with van der Waals surface area (Å²) in [5, 5.41) is 0. The summed E-state index contributed by atoms with van der Waals surface area (Å²) in [5.41, 5.74) is 0. The smallest absolute Gasteiger partial charge is 0.0876 e. The Labute approximate surface area is 77.6 Å². The number of fused-ring (bicyclic) bond motifs is 2. The first kappa shape index (κ1) is 6.41. The molecule has 0 aromatic heterocycles. The number of ether oxygens (including phenoxy) is 2. The first-order valence-electron chi connectivity index (χ1n) is 5.74. The lowest BCUT2D eigenvalue weighted by Gasteiger charge is -2.43. The van der Waals surface area contributed by atoms with Crippen LogP contribution in [-0.4, -0.2) is 24.4 Å². The largest absolute Gasteiger partial charge is 0.369 e. The molecule has 0 spiro atoms. The van der Waals surface area contributed by atoms with Gasteiger partial charge in [-0.25, -0.2) is 0 Å². The fraction of sp³-hybridized carbons (Fsp3) is 1.00. The Morgan fingerprint density at radius 3 is 2.62 bits per heavy atom. The van der Waals surface area contributed by atoms with Crippen LogP contribution in [-0.2, 0) is 9.47 Å². The third kappa shape index (κ3) is 0.581. The number of rotatable bonds is 0. The lowest BCUT2D eigenvalue weighted by atomic mass is 9.59. The zero-order valence-corrected chi connectivity index (χ0v) is 7.56. The topological polar surface area (TPSA) is 25.1 Å². The van der Waals surface area contributed by atoms with Gasteiger partial charge >= 0.3 is 0 Å². The van der Waals surface area contributed by atoms with Crippen LogP contribution < -0.4 is 0 Å². The molecule has 0 aromatic carbocycles. The number of hydrogen-bond donors (Lipinski definition) is 0. The van der Waals surface area contributed by atoms with E-state index in [4.69, 9.17) is 9.47 Å². The van der Waals surface area contributed by atoms with E-state index in [-0.39, 0.29) is 0 Å². The Bertz CT molecular complexity index is 288. The van der Waals surface area contributed by atoms with Gasteiger partial charge in [0.1, 0.15) is 0 Å². The van der Waals surface area contributed by atoms with Crippen LogP contribution in [0.5, 0.6) is 0 Å². The van der Waals surface area contributed by atoms with E-state index < -0.39 is 0 Å². The van der Waals surface area contributed by atoms with Gasteiger partial charge in [0, 0.05) is 0 Å². The number of epoxide rings is 2. The maximum atomic E-state index is 5.81. The molecular formula is C11H14O2. The predicted molar refractivity (Wildman–Crippen MR) is 45.1 cm³/mol. The Balaban J connectivity index is 1.64. The first-order valence-corrected chi connectivity index (χ1v) is 5.74. The van der Waals surface area contributed by atoms with Gasteiger partial charge in [0.15, 0.2) is 0 Å². The summed E-state index contributed by atoms with van der Waals surface area (Å²) in [4.78, 5) is 0. The van der Waals surface area contributed by atoms with Crippen molar-refractivity contribution in [3.63, 3.8) is 0 Å². The van der Waals surface area contributed by atoms with Gasteiger partial charge in [-0.15, -0.1) is 0 Å². The number of hydrogen-bond acceptors (Lipinski definition) is 2. The highest BCUT2D eigenvalue weighted by atomic mass is 16.6.